The van der Waals surface area contributed by atoms with Crippen LogP contribution in [0, 0.1) is 16.0 Å². The zero-order valence-corrected chi connectivity index (χ0v) is 10.9. The summed E-state index contributed by atoms with van der Waals surface area (Å²) >= 11 is 0. The van der Waals surface area contributed by atoms with Crippen molar-refractivity contribution in [3.8, 4) is 0 Å². The molecule has 1 amide bonds. The molecule has 1 aromatic rings. The first-order valence-electron chi connectivity index (χ1n) is 5.61. The Morgan fingerprint density at radius 2 is 2.21 bits per heavy atom. The molecule has 8 heteroatoms. The highest BCUT2D eigenvalue weighted by Gasteiger charge is 2.21. The number of nitrogens with one attached hydrogen (secondary N) is 2. The SMILES string of the molecule is Cl.Nc1c(C(=O)NCC2CNC2)cccc1[N+](=O)[O-]. The van der Waals surface area contributed by atoms with Gasteiger partial charge >= 0.3 is 0 Å². The van der Waals surface area contributed by atoms with Crippen LogP contribution < -0.4 is 16.4 Å². The van der Waals surface area contributed by atoms with Gasteiger partial charge < -0.3 is 16.4 Å². The van der Waals surface area contributed by atoms with Crippen molar-refractivity contribution >= 4 is 29.7 Å². The van der Waals surface area contributed by atoms with Gasteiger partial charge in [0.25, 0.3) is 11.6 Å². The predicted molar refractivity (Wildman–Crippen MR) is 73.4 cm³/mol. The maximum absolute atomic E-state index is 11.9. The molecule has 1 saturated heterocycles. The molecule has 1 fully saturated rings. The molecule has 19 heavy (non-hydrogen) atoms. The van der Waals surface area contributed by atoms with E-state index < -0.39 is 4.92 Å². The smallest absolute Gasteiger partial charge is 0.292 e. The van der Waals surface area contributed by atoms with Crippen LogP contribution in [0.5, 0.6) is 0 Å². The summed E-state index contributed by atoms with van der Waals surface area (Å²) in [6, 6.07) is 4.22. The Hall–Kier alpha value is -1.86. The number of anilines is 1. The van der Waals surface area contributed by atoms with Gasteiger partial charge in [0.1, 0.15) is 5.69 Å². The van der Waals surface area contributed by atoms with Crippen molar-refractivity contribution < 1.29 is 9.72 Å². The molecule has 0 spiro atoms. The highest BCUT2D eigenvalue weighted by molar-refractivity contribution is 6.00. The van der Waals surface area contributed by atoms with Gasteiger partial charge in [-0.1, -0.05) is 6.07 Å². The molecule has 1 aromatic carbocycles. The van der Waals surface area contributed by atoms with Gasteiger partial charge in [-0.15, -0.1) is 12.4 Å². The Bertz CT molecular complexity index is 491. The van der Waals surface area contributed by atoms with Crippen molar-refractivity contribution in [1.29, 1.82) is 0 Å². The second-order valence-electron chi connectivity index (χ2n) is 4.23. The van der Waals surface area contributed by atoms with Crippen LogP contribution in [0.2, 0.25) is 0 Å². The highest BCUT2D eigenvalue weighted by Crippen LogP contribution is 2.24. The summed E-state index contributed by atoms with van der Waals surface area (Å²) in [5.74, 6) is 0.0528. The fraction of sp³-hybridized carbons (Fsp3) is 0.364. The average molecular weight is 287 g/mol. The van der Waals surface area contributed by atoms with Gasteiger partial charge in [-0.05, 0) is 6.07 Å². The number of carbonyl (C=O) groups excluding carboxylic acids is 1. The average Bonchev–Trinajstić information content (AvgIpc) is 2.26. The number of rotatable bonds is 4. The Morgan fingerprint density at radius 1 is 1.53 bits per heavy atom. The van der Waals surface area contributed by atoms with Crippen LogP contribution in [0.25, 0.3) is 0 Å². The summed E-state index contributed by atoms with van der Waals surface area (Å²) in [6.07, 6.45) is 0. The fourth-order valence-electron chi connectivity index (χ4n) is 1.74. The van der Waals surface area contributed by atoms with E-state index in [1.165, 1.54) is 18.2 Å². The lowest BCUT2D eigenvalue weighted by Gasteiger charge is -2.27. The molecule has 0 aromatic heterocycles. The van der Waals surface area contributed by atoms with Gasteiger partial charge in [0.15, 0.2) is 0 Å². The molecule has 2 rings (SSSR count). The molecule has 4 N–H and O–H groups in total. The Labute approximate surface area is 116 Å². The molecular weight excluding hydrogens is 272 g/mol. The molecule has 1 heterocycles. The number of carbonyl (C=O) groups is 1. The summed E-state index contributed by atoms with van der Waals surface area (Å²) in [7, 11) is 0. The molecule has 0 atom stereocenters. The van der Waals surface area contributed by atoms with Crippen molar-refractivity contribution in [3.05, 3.63) is 33.9 Å². The van der Waals surface area contributed by atoms with Crippen LogP contribution in [0.3, 0.4) is 0 Å². The first-order valence-corrected chi connectivity index (χ1v) is 5.61. The van der Waals surface area contributed by atoms with Gasteiger partial charge in [0.2, 0.25) is 0 Å². The normalized spacial score (nSPS) is 14.1. The maximum atomic E-state index is 11.9. The minimum Gasteiger partial charge on any atom is -0.393 e. The van der Waals surface area contributed by atoms with Crippen LogP contribution >= 0.6 is 12.4 Å². The van der Waals surface area contributed by atoms with E-state index in [2.05, 4.69) is 10.6 Å². The van der Waals surface area contributed by atoms with Crippen molar-refractivity contribution in [2.75, 3.05) is 25.4 Å². The molecule has 0 aliphatic carbocycles. The third kappa shape index (κ3) is 3.33. The zero-order chi connectivity index (χ0) is 13.1. The number of nitrogens with zero attached hydrogens (tertiary/aromatic N) is 1. The highest BCUT2D eigenvalue weighted by atomic mass is 35.5. The van der Waals surface area contributed by atoms with Gasteiger partial charge in [-0.3, -0.25) is 14.9 Å². The lowest BCUT2D eigenvalue weighted by molar-refractivity contribution is -0.383. The lowest BCUT2D eigenvalue weighted by Crippen LogP contribution is -2.48. The molecule has 7 nitrogen and oxygen atoms in total. The fourth-order valence-corrected chi connectivity index (χ4v) is 1.74. The maximum Gasteiger partial charge on any atom is 0.292 e. The number of nitrogen functional groups attached to an aromatic ring is 1. The van der Waals surface area contributed by atoms with E-state index in [1.54, 1.807) is 0 Å². The van der Waals surface area contributed by atoms with Crippen LogP contribution in [-0.2, 0) is 0 Å². The van der Waals surface area contributed by atoms with Crippen LogP contribution in [0.1, 0.15) is 10.4 Å². The van der Waals surface area contributed by atoms with Crippen molar-refractivity contribution in [3.63, 3.8) is 0 Å². The van der Waals surface area contributed by atoms with E-state index in [0.29, 0.717) is 12.5 Å². The van der Waals surface area contributed by atoms with E-state index in [-0.39, 0.29) is 35.3 Å². The van der Waals surface area contributed by atoms with Gasteiger partial charge in [0, 0.05) is 31.6 Å². The standard InChI is InChI=1S/C11H14N4O3.ClH/c12-10-8(2-1-3-9(10)15(17)18)11(16)14-6-7-4-13-5-7;/h1-3,7,13H,4-6,12H2,(H,14,16);1H. The number of hydrogen-bond donors (Lipinski definition) is 3. The zero-order valence-electron chi connectivity index (χ0n) is 10.1. The van der Waals surface area contributed by atoms with E-state index in [1.807, 2.05) is 0 Å². The number of para-hydroxylation sites is 1. The minimum atomic E-state index is -0.595. The second kappa shape index (κ2) is 6.35. The van der Waals surface area contributed by atoms with E-state index in [9.17, 15) is 14.9 Å². The topological polar surface area (TPSA) is 110 Å². The van der Waals surface area contributed by atoms with E-state index in [4.69, 9.17) is 5.73 Å². The number of halogens is 1. The quantitative estimate of drug-likeness (QED) is 0.425. The molecule has 0 unspecified atom stereocenters. The molecule has 0 bridgehead atoms. The Kier molecular flexibility index (Phi) is 5.08. The summed E-state index contributed by atoms with van der Waals surface area (Å²) in [5.41, 5.74) is 5.44. The number of nitrogens with two attached hydrogens (primary N) is 1. The second-order valence-corrected chi connectivity index (χ2v) is 4.23. The Morgan fingerprint density at radius 3 is 2.74 bits per heavy atom. The van der Waals surface area contributed by atoms with Crippen LogP contribution in [-0.4, -0.2) is 30.5 Å². The largest absolute Gasteiger partial charge is 0.393 e. The number of amides is 1. The van der Waals surface area contributed by atoms with Crippen molar-refractivity contribution in [2.24, 2.45) is 5.92 Å². The summed E-state index contributed by atoms with van der Waals surface area (Å²) in [5, 5.41) is 16.5. The van der Waals surface area contributed by atoms with Crippen LogP contribution in [0.15, 0.2) is 18.2 Å². The Balaban J connectivity index is 0.00000180. The number of hydrogen-bond acceptors (Lipinski definition) is 5. The molecule has 104 valence electrons. The van der Waals surface area contributed by atoms with Gasteiger partial charge in [0.05, 0.1) is 10.5 Å². The third-order valence-corrected chi connectivity index (χ3v) is 2.94. The van der Waals surface area contributed by atoms with Crippen LogP contribution in [0.4, 0.5) is 11.4 Å². The predicted octanol–water partition coefficient (Wildman–Crippen LogP) is 0.548. The minimum absolute atomic E-state index is 0. The monoisotopic (exact) mass is 286 g/mol. The molecule has 1 aliphatic rings. The molecular formula is C11H15ClN4O3. The number of nitro benzene ring substituents is 1. The third-order valence-electron chi connectivity index (χ3n) is 2.94. The summed E-state index contributed by atoms with van der Waals surface area (Å²) in [6.45, 7) is 2.31. The first kappa shape index (κ1) is 15.2. The van der Waals surface area contributed by atoms with Gasteiger partial charge in [-0.2, -0.15) is 0 Å². The summed E-state index contributed by atoms with van der Waals surface area (Å²) < 4.78 is 0. The molecule has 0 radical (unpaired) electrons. The lowest BCUT2D eigenvalue weighted by atomic mass is 10.0. The first-order chi connectivity index (χ1) is 8.59. The van der Waals surface area contributed by atoms with Crippen molar-refractivity contribution in [2.45, 2.75) is 0 Å². The number of nitro groups is 1. The van der Waals surface area contributed by atoms with E-state index >= 15 is 0 Å². The van der Waals surface area contributed by atoms with E-state index in [0.717, 1.165) is 13.1 Å². The summed E-state index contributed by atoms with van der Waals surface area (Å²) in [4.78, 5) is 22.0. The molecule has 0 saturated carbocycles. The number of benzene rings is 1. The van der Waals surface area contributed by atoms with Crippen molar-refractivity contribution in [1.82, 2.24) is 10.6 Å². The molecule has 1 aliphatic heterocycles. The van der Waals surface area contributed by atoms with Gasteiger partial charge in [-0.25, -0.2) is 0 Å².